The molecular formula is C14H17FN2O3. The smallest absolute Gasteiger partial charge is 0.279 e. The Morgan fingerprint density at radius 3 is 2.45 bits per heavy atom. The monoisotopic (exact) mass is 280 g/mol. The van der Waals surface area contributed by atoms with Gasteiger partial charge in [0.2, 0.25) is 5.91 Å². The van der Waals surface area contributed by atoms with Crippen LogP contribution in [0.1, 0.15) is 20.3 Å². The average Bonchev–Trinajstić information content (AvgIpc) is 3.15. The molecule has 1 aliphatic carbocycles. The number of hydrogen-bond donors (Lipinski definition) is 2. The highest BCUT2D eigenvalue weighted by Crippen LogP contribution is 2.37. The van der Waals surface area contributed by atoms with Gasteiger partial charge in [-0.15, -0.1) is 0 Å². The minimum absolute atomic E-state index is 0.0105. The molecule has 0 saturated heterocycles. The number of benzene rings is 1. The Hall–Kier alpha value is -2.11. The van der Waals surface area contributed by atoms with Crippen LogP contribution in [-0.2, 0) is 9.59 Å². The molecular weight excluding hydrogens is 263 g/mol. The minimum Gasteiger partial charge on any atom is -0.481 e. The van der Waals surface area contributed by atoms with Crippen molar-refractivity contribution in [3.05, 3.63) is 30.1 Å². The summed E-state index contributed by atoms with van der Waals surface area (Å²) in [6, 6.07) is 5.36. The summed E-state index contributed by atoms with van der Waals surface area (Å²) in [4.78, 5) is 23.2. The number of carbonyl (C=O) groups excluding carboxylic acids is 2. The SMILES string of the molecule is CC(Oc1ccc(F)cc1)C(=O)NNC(=O)C1CC1C. The maximum atomic E-state index is 12.7. The Morgan fingerprint density at radius 2 is 1.90 bits per heavy atom. The van der Waals surface area contributed by atoms with Crippen molar-refractivity contribution in [1.82, 2.24) is 10.9 Å². The van der Waals surface area contributed by atoms with Gasteiger partial charge in [-0.3, -0.25) is 20.4 Å². The molecule has 2 N–H and O–H groups in total. The second-order valence-electron chi connectivity index (χ2n) is 5.01. The van der Waals surface area contributed by atoms with Crippen LogP contribution in [0.4, 0.5) is 4.39 Å². The van der Waals surface area contributed by atoms with E-state index in [-0.39, 0.29) is 17.6 Å². The number of hydrogen-bond acceptors (Lipinski definition) is 3. The minimum atomic E-state index is -0.794. The number of ether oxygens (including phenoxy) is 1. The van der Waals surface area contributed by atoms with Gasteiger partial charge in [0.1, 0.15) is 11.6 Å². The maximum absolute atomic E-state index is 12.7. The van der Waals surface area contributed by atoms with Crippen LogP contribution in [0, 0.1) is 17.7 Å². The fourth-order valence-electron chi connectivity index (χ4n) is 1.78. The van der Waals surface area contributed by atoms with Gasteiger partial charge < -0.3 is 4.74 Å². The predicted molar refractivity (Wildman–Crippen MR) is 70.0 cm³/mol. The molecule has 0 spiro atoms. The van der Waals surface area contributed by atoms with E-state index in [1.807, 2.05) is 6.92 Å². The topological polar surface area (TPSA) is 67.4 Å². The molecule has 1 aromatic carbocycles. The first-order valence-electron chi connectivity index (χ1n) is 6.49. The van der Waals surface area contributed by atoms with E-state index in [2.05, 4.69) is 10.9 Å². The molecule has 1 fully saturated rings. The summed E-state index contributed by atoms with van der Waals surface area (Å²) in [5, 5.41) is 0. The average molecular weight is 280 g/mol. The van der Waals surface area contributed by atoms with Gasteiger partial charge in [-0.25, -0.2) is 4.39 Å². The van der Waals surface area contributed by atoms with E-state index in [0.717, 1.165) is 6.42 Å². The Labute approximate surface area is 116 Å². The largest absolute Gasteiger partial charge is 0.481 e. The Morgan fingerprint density at radius 1 is 1.30 bits per heavy atom. The van der Waals surface area contributed by atoms with Gasteiger partial charge in [0, 0.05) is 5.92 Å². The summed E-state index contributed by atoms with van der Waals surface area (Å²) in [6.07, 6.45) is 0.0564. The molecule has 0 radical (unpaired) electrons. The van der Waals surface area contributed by atoms with Crippen LogP contribution in [0.5, 0.6) is 5.75 Å². The highest BCUT2D eigenvalue weighted by molar-refractivity contribution is 5.86. The van der Waals surface area contributed by atoms with Crippen LogP contribution in [0.2, 0.25) is 0 Å². The van der Waals surface area contributed by atoms with Gasteiger partial charge in [0.15, 0.2) is 6.10 Å². The van der Waals surface area contributed by atoms with E-state index in [9.17, 15) is 14.0 Å². The van der Waals surface area contributed by atoms with E-state index in [0.29, 0.717) is 11.7 Å². The van der Waals surface area contributed by atoms with Crippen LogP contribution in [0.25, 0.3) is 0 Å². The van der Waals surface area contributed by atoms with Gasteiger partial charge in [-0.2, -0.15) is 0 Å². The van der Waals surface area contributed by atoms with Gasteiger partial charge in [0.25, 0.3) is 5.91 Å². The molecule has 0 heterocycles. The molecule has 0 bridgehead atoms. The van der Waals surface area contributed by atoms with Crippen LogP contribution in [-0.4, -0.2) is 17.9 Å². The van der Waals surface area contributed by atoms with Gasteiger partial charge in [0.05, 0.1) is 0 Å². The molecule has 6 heteroatoms. The van der Waals surface area contributed by atoms with Crippen molar-refractivity contribution < 1.29 is 18.7 Å². The molecule has 0 aliphatic heterocycles. The first-order chi connectivity index (χ1) is 9.47. The van der Waals surface area contributed by atoms with E-state index < -0.39 is 12.0 Å². The zero-order valence-electron chi connectivity index (χ0n) is 11.4. The Kier molecular flexibility index (Phi) is 4.22. The lowest BCUT2D eigenvalue weighted by atomic mass is 10.3. The highest BCUT2D eigenvalue weighted by atomic mass is 19.1. The van der Waals surface area contributed by atoms with E-state index in [1.54, 1.807) is 6.92 Å². The third-order valence-electron chi connectivity index (χ3n) is 3.25. The summed E-state index contributed by atoms with van der Waals surface area (Å²) in [7, 11) is 0. The summed E-state index contributed by atoms with van der Waals surface area (Å²) in [5.74, 6) is -0.268. The van der Waals surface area contributed by atoms with Crippen molar-refractivity contribution in [1.29, 1.82) is 0 Å². The van der Waals surface area contributed by atoms with Crippen LogP contribution < -0.4 is 15.6 Å². The number of amides is 2. The fourth-order valence-corrected chi connectivity index (χ4v) is 1.78. The molecule has 108 valence electrons. The second kappa shape index (κ2) is 5.90. The Bertz CT molecular complexity index is 504. The lowest BCUT2D eigenvalue weighted by Crippen LogP contribution is -2.47. The second-order valence-corrected chi connectivity index (χ2v) is 5.01. The molecule has 3 atom stereocenters. The van der Waals surface area contributed by atoms with Crippen LogP contribution in [0.3, 0.4) is 0 Å². The summed E-state index contributed by atoms with van der Waals surface area (Å²) in [6.45, 7) is 3.52. The molecule has 3 unspecified atom stereocenters. The van der Waals surface area contributed by atoms with E-state index in [1.165, 1.54) is 24.3 Å². The quantitative estimate of drug-likeness (QED) is 0.819. The number of halogens is 1. The molecule has 20 heavy (non-hydrogen) atoms. The van der Waals surface area contributed by atoms with E-state index >= 15 is 0 Å². The van der Waals surface area contributed by atoms with Crippen molar-refractivity contribution in [2.45, 2.75) is 26.4 Å². The number of hydrazine groups is 1. The van der Waals surface area contributed by atoms with Crippen LogP contribution in [0.15, 0.2) is 24.3 Å². The first-order valence-corrected chi connectivity index (χ1v) is 6.49. The van der Waals surface area contributed by atoms with Crippen molar-refractivity contribution >= 4 is 11.8 Å². The molecule has 2 amide bonds. The standard InChI is InChI=1S/C14H17FN2O3/c1-8-7-12(8)14(19)17-16-13(18)9(2)20-11-5-3-10(15)4-6-11/h3-6,8-9,12H,7H2,1-2H3,(H,16,18)(H,17,19). The zero-order chi connectivity index (χ0) is 14.7. The first kappa shape index (κ1) is 14.3. The highest BCUT2D eigenvalue weighted by Gasteiger charge is 2.39. The molecule has 1 aliphatic rings. The molecule has 0 aromatic heterocycles. The molecule has 1 saturated carbocycles. The van der Waals surface area contributed by atoms with Gasteiger partial charge >= 0.3 is 0 Å². The summed E-state index contributed by atoms with van der Waals surface area (Å²) in [5.41, 5.74) is 4.69. The van der Waals surface area contributed by atoms with Crippen molar-refractivity contribution in [2.24, 2.45) is 11.8 Å². The molecule has 1 aromatic rings. The number of nitrogens with one attached hydrogen (secondary N) is 2. The normalized spacial score (nSPS) is 21.8. The zero-order valence-corrected chi connectivity index (χ0v) is 11.4. The summed E-state index contributed by atoms with van der Waals surface area (Å²) >= 11 is 0. The van der Waals surface area contributed by atoms with Crippen LogP contribution >= 0.6 is 0 Å². The van der Waals surface area contributed by atoms with E-state index in [4.69, 9.17) is 4.74 Å². The third kappa shape index (κ3) is 3.69. The third-order valence-corrected chi connectivity index (χ3v) is 3.25. The van der Waals surface area contributed by atoms with Crippen molar-refractivity contribution in [2.75, 3.05) is 0 Å². The maximum Gasteiger partial charge on any atom is 0.279 e. The van der Waals surface area contributed by atoms with Gasteiger partial charge in [-0.1, -0.05) is 6.92 Å². The fraction of sp³-hybridized carbons (Fsp3) is 0.429. The van der Waals surface area contributed by atoms with Crippen molar-refractivity contribution in [3.8, 4) is 5.75 Å². The van der Waals surface area contributed by atoms with Gasteiger partial charge in [-0.05, 0) is 43.5 Å². The number of carbonyl (C=O) groups is 2. The molecule has 2 rings (SSSR count). The Balaban J connectivity index is 1.77. The number of rotatable bonds is 4. The lowest BCUT2D eigenvalue weighted by molar-refractivity contribution is -0.133. The molecule has 5 nitrogen and oxygen atoms in total. The lowest BCUT2D eigenvalue weighted by Gasteiger charge is -2.15. The summed E-state index contributed by atoms with van der Waals surface area (Å²) < 4.78 is 18.1. The van der Waals surface area contributed by atoms with Crippen molar-refractivity contribution in [3.63, 3.8) is 0 Å². The predicted octanol–water partition coefficient (Wildman–Crippen LogP) is 1.40.